The summed E-state index contributed by atoms with van der Waals surface area (Å²) in [6, 6.07) is 11.0. The number of ether oxygens (including phenoxy) is 1. The summed E-state index contributed by atoms with van der Waals surface area (Å²) in [6.07, 6.45) is 3.99. The van der Waals surface area contributed by atoms with Crippen molar-refractivity contribution >= 4 is 28.5 Å². The standard InChI is InChI=1S/C26H27N5O5/c1-14-6-9-16(12-20(14)35-2)29-24(33)15-7-10-17(11-8-15)31-19-5-3-4-18(22(19)30-26(31)34)25-28-13-21(36-25)23(27)32/h3-6,9,12-13,15,17H,7-8,10-11H2,1-2H3,(H2,27,32)(H,29,33)(H,30,34). The second-order valence-electron chi connectivity index (χ2n) is 9.07. The molecule has 2 aromatic heterocycles. The third-order valence-electron chi connectivity index (χ3n) is 6.84. The molecule has 1 saturated carbocycles. The van der Waals surface area contributed by atoms with E-state index in [-0.39, 0.29) is 35.2 Å². The van der Waals surface area contributed by atoms with Crippen molar-refractivity contribution in [3.8, 4) is 17.2 Å². The van der Waals surface area contributed by atoms with E-state index in [1.54, 1.807) is 17.7 Å². The highest BCUT2D eigenvalue weighted by Crippen LogP contribution is 2.35. The summed E-state index contributed by atoms with van der Waals surface area (Å²) in [7, 11) is 1.61. The smallest absolute Gasteiger partial charge is 0.326 e. The fourth-order valence-corrected chi connectivity index (χ4v) is 4.94. The van der Waals surface area contributed by atoms with Gasteiger partial charge in [-0.05, 0) is 56.4 Å². The highest BCUT2D eigenvalue weighted by atomic mass is 16.5. The van der Waals surface area contributed by atoms with Crippen LogP contribution in [0.5, 0.6) is 5.75 Å². The minimum Gasteiger partial charge on any atom is -0.496 e. The predicted molar refractivity (Wildman–Crippen MR) is 134 cm³/mol. The molecule has 5 rings (SSSR count). The third kappa shape index (κ3) is 4.26. The van der Waals surface area contributed by atoms with Crippen LogP contribution in [0, 0.1) is 12.8 Å². The van der Waals surface area contributed by atoms with Crippen molar-refractivity contribution < 1.29 is 18.7 Å². The molecule has 0 saturated heterocycles. The first-order valence-electron chi connectivity index (χ1n) is 11.8. The summed E-state index contributed by atoms with van der Waals surface area (Å²) in [6.45, 7) is 1.95. The van der Waals surface area contributed by atoms with Gasteiger partial charge in [-0.1, -0.05) is 12.1 Å². The number of H-pyrrole nitrogens is 1. The molecule has 10 heteroatoms. The van der Waals surface area contributed by atoms with Gasteiger partial charge in [0.25, 0.3) is 5.91 Å². The maximum atomic E-state index is 13.0. The van der Waals surface area contributed by atoms with Gasteiger partial charge in [0.05, 0.1) is 29.9 Å². The lowest BCUT2D eigenvalue weighted by atomic mass is 9.85. The number of amides is 2. The first kappa shape index (κ1) is 23.4. The molecule has 2 aromatic carbocycles. The lowest BCUT2D eigenvalue weighted by Gasteiger charge is -2.28. The summed E-state index contributed by atoms with van der Waals surface area (Å²) in [5, 5.41) is 3.00. The van der Waals surface area contributed by atoms with Crippen LogP contribution in [0.15, 0.2) is 51.8 Å². The van der Waals surface area contributed by atoms with Crippen molar-refractivity contribution in [1.29, 1.82) is 0 Å². The Kier molecular flexibility index (Phi) is 6.09. The number of para-hydroxylation sites is 1. The van der Waals surface area contributed by atoms with E-state index in [4.69, 9.17) is 14.9 Å². The molecule has 10 nitrogen and oxygen atoms in total. The van der Waals surface area contributed by atoms with E-state index in [2.05, 4.69) is 15.3 Å². The molecule has 186 valence electrons. The Bertz CT molecular complexity index is 1510. The average Bonchev–Trinajstić information content (AvgIpc) is 3.49. The minimum absolute atomic E-state index is 0.0259. The number of benzene rings is 2. The largest absolute Gasteiger partial charge is 0.496 e. The number of rotatable bonds is 6. The average molecular weight is 490 g/mol. The number of imidazole rings is 1. The van der Waals surface area contributed by atoms with Gasteiger partial charge in [0, 0.05) is 23.7 Å². The molecule has 36 heavy (non-hydrogen) atoms. The van der Waals surface area contributed by atoms with E-state index in [1.165, 1.54) is 6.20 Å². The summed E-state index contributed by atoms with van der Waals surface area (Å²) in [5.74, 6) is 0.00601. The monoisotopic (exact) mass is 489 g/mol. The Morgan fingerprint density at radius 1 is 1.19 bits per heavy atom. The number of anilines is 1. The van der Waals surface area contributed by atoms with Crippen LogP contribution >= 0.6 is 0 Å². The molecule has 0 spiro atoms. The number of aryl methyl sites for hydroxylation is 1. The summed E-state index contributed by atoms with van der Waals surface area (Å²) < 4.78 is 12.6. The molecular formula is C26H27N5O5. The van der Waals surface area contributed by atoms with Crippen molar-refractivity contribution in [2.75, 3.05) is 12.4 Å². The van der Waals surface area contributed by atoms with E-state index >= 15 is 0 Å². The Labute approximate surface area is 206 Å². The van der Waals surface area contributed by atoms with Gasteiger partial charge < -0.3 is 25.2 Å². The number of oxazole rings is 1. The molecule has 1 aliphatic rings. The number of primary amides is 1. The molecule has 1 fully saturated rings. The Morgan fingerprint density at radius 2 is 1.97 bits per heavy atom. The van der Waals surface area contributed by atoms with Gasteiger partial charge in [0.15, 0.2) is 0 Å². The number of carbonyl (C=O) groups excluding carboxylic acids is 2. The summed E-state index contributed by atoms with van der Waals surface area (Å²) >= 11 is 0. The van der Waals surface area contributed by atoms with Gasteiger partial charge in [-0.25, -0.2) is 9.78 Å². The van der Waals surface area contributed by atoms with E-state index in [9.17, 15) is 14.4 Å². The maximum Gasteiger partial charge on any atom is 0.326 e. The molecule has 4 aromatic rings. The van der Waals surface area contributed by atoms with Crippen molar-refractivity contribution in [3.05, 3.63) is 64.4 Å². The molecule has 0 radical (unpaired) electrons. The number of hydrogen-bond acceptors (Lipinski definition) is 6. The molecule has 0 atom stereocenters. The highest BCUT2D eigenvalue weighted by molar-refractivity contribution is 5.93. The number of aromatic amines is 1. The van der Waals surface area contributed by atoms with Crippen LogP contribution in [0.4, 0.5) is 5.69 Å². The molecule has 2 amide bonds. The van der Waals surface area contributed by atoms with Crippen LogP contribution in [-0.4, -0.2) is 33.5 Å². The van der Waals surface area contributed by atoms with Gasteiger partial charge in [0.2, 0.25) is 17.6 Å². The van der Waals surface area contributed by atoms with Gasteiger partial charge in [0.1, 0.15) is 5.75 Å². The van der Waals surface area contributed by atoms with E-state index in [0.29, 0.717) is 42.5 Å². The topological polar surface area (TPSA) is 145 Å². The second kappa shape index (κ2) is 9.37. The number of nitrogens with zero attached hydrogens (tertiary/aromatic N) is 2. The van der Waals surface area contributed by atoms with Crippen molar-refractivity contribution in [2.24, 2.45) is 11.7 Å². The first-order chi connectivity index (χ1) is 17.4. The number of fused-ring (bicyclic) bond motifs is 1. The van der Waals surface area contributed by atoms with Crippen LogP contribution < -0.4 is 21.5 Å². The number of nitrogens with two attached hydrogens (primary N) is 1. The molecule has 1 aliphatic carbocycles. The maximum absolute atomic E-state index is 13.0. The van der Waals surface area contributed by atoms with Crippen LogP contribution in [-0.2, 0) is 4.79 Å². The van der Waals surface area contributed by atoms with Crippen molar-refractivity contribution in [1.82, 2.24) is 14.5 Å². The summed E-state index contributed by atoms with van der Waals surface area (Å²) in [4.78, 5) is 44.3. The van der Waals surface area contributed by atoms with Crippen molar-refractivity contribution in [3.63, 3.8) is 0 Å². The third-order valence-corrected chi connectivity index (χ3v) is 6.84. The van der Waals surface area contributed by atoms with E-state index in [0.717, 1.165) is 16.8 Å². The van der Waals surface area contributed by atoms with Crippen LogP contribution in [0.3, 0.4) is 0 Å². The van der Waals surface area contributed by atoms with Gasteiger partial charge in [-0.2, -0.15) is 0 Å². The fraction of sp³-hybridized carbons (Fsp3) is 0.308. The summed E-state index contributed by atoms with van der Waals surface area (Å²) in [5.41, 5.74) is 8.60. The number of nitrogens with one attached hydrogen (secondary N) is 2. The van der Waals surface area contributed by atoms with Gasteiger partial charge in [-0.3, -0.25) is 14.2 Å². The van der Waals surface area contributed by atoms with E-state index in [1.807, 2.05) is 37.3 Å². The lowest BCUT2D eigenvalue weighted by molar-refractivity contribution is -0.121. The van der Waals surface area contributed by atoms with Crippen LogP contribution in [0.2, 0.25) is 0 Å². The normalized spacial score (nSPS) is 17.7. The highest BCUT2D eigenvalue weighted by Gasteiger charge is 2.29. The van der Waals surface area contributed by atoms with Gasteiger partial charge >= 0.3 is 5.69 Å². The number of methoxy groups -OCH3 is 1. The zero-order valence-electron chi connectivity index (χ0n) is 20.0. The molecule has 0 aliphatic heterocycles. The van der Waals surface area contributed by atoms with Gasteiger partial charge in [-0.15, -0.1) is 0 Å². The quantitative estimate of drug-likeness (QED) is 0.376. The zero-order chi connectivity index (χ0) is 25.4. The van der Waals surface area contributed by atoms with Crippen molar-refractivity contribution in [2.45, 2.75) is 38.6 Å². The molecule has 2 heterocycles. The number of carbonyl (C=O) groups is 2. The predicted octanol–water partition coefficient (Wildman–Crippen LogP) is 3.77. The lowest BCUT2D eigenvalue weighted by Crippen LogP contribution is -2.31. The number of aromatic nitrogens is 3. The second-order valence-corrected chi connectivity index (χ2v) is 9.07. The molecule has 4 N–H and O–H groups in total. The van der Waals surface area contributed by atoms with Crippen LogP contribution in [0.25, 0.3) is 22.5 Å². The van der Waals surface area contributed by atoms with Crippen LogP contribution in [0.1, 0.15) is 47.8 Å². The molecule has 0 bridgehead atoms. The minimum atomic E-state index is -0.714. The zero-order valence-corrected chi connectivity index (χ0v) is 20.0. The Balaban J connectivity index is 1.33. The first-order valence-corrected chi connectivity index (χ1v) is 11.8. The molecule has 0 unspecified atom stereocenters. The van der Waals surface area contributed by atoms with E-state index < -0.39 is 5.91 Å². The number of hydrogen-bond donors (Lipinski definition) is 3. The SMILES string of the molecule is COc1cc(NC(=O)C2CCC(n3c(=O)[nH]c4c(-c5ncc(C(N)=O)o5)cccc43)CC2)ccc1C. The molecular weight excluding hydrogens is 462 g/mol. The fourth-order valence-electron chi connectivity index (χ4n) is 4.94. The Morgan fingerprint density at radius 3 is 2.67 bits per heavy atom. The Hall–Kier alpha value is -4.34.